The quantitative estimate of drug-likeness (QED) is 0.830. The molecule has 2 rings (SSSR count). The van der Waals surface area contributed by atoms with Crippen LogP contribution < -0.4 is 10.6 Å². The van der Waals surface area contributed by atoms with Crippen molar-refractivity contribution in [2.75, 3.05) is 0 Å². The van der Waals surface area contributed by atoms with Crippen molar-refractivity contribution in [1.29, 1.82) is 0 Å². The summed E-state index contributed by atoms with van der Waals surface area (Å²) in [5, 5.41) is 7.14. The van der Waals surface area contributed by atoms with Crippen LogP contribution in [0.3, 0.4) is 0 Å². The number of nitrogens with one attached hydrogen (secondary N) is 2. The van der Waals surface area contributed by atoms with E-state index < -0.39 is 11.8 Å². The van der Waals surface area contributed by atoms with Crippen LogP contribution in [0, 0.1) is 5.82 Å². The molecule has 6 heteroatoms. The summed E-state index contributed by atoms with van der Waals surface area (Å²) in [5.41, 5.74) is 0.731. The summed E-state index contributed by atoms with van der Waals surface area (Å²) in [5.74, 6) is -1.69. The third kappa shape index (κ3) is 4.96. The summed E-state index contributed by atoms with van der Waals surface area (Å²) in [6, 6.07) is 9.56. The zero-order valence-corrected chi connectivity index (χ0v) is 13.0. The lowest BCUT2D eigenvalue weighted by Crippen LogP contribution is -2.44. The number of rotatable bonds is 5. The molecule has 1 aromatic heterocycles. The lowest BCUT2D eigenvalue weighted by Gasteiger charge is -2.12. The fourth-order valence-electron chi connectivity index (χ4n) is 1.94. The number of amides is 2. The minimum Gasteiger partial charge on any atom is -0.345 e. The highest BCUT2D eigenvalue weighted by atomic mass is 32.1. The number of halogens is 1. The Labute approximate surface area is 132 Å². The second-order valence-corrected chi connectivity index (χ2v) is 6.00. The Balaban J connectivity index is 1.76. The van der Waals surface area contributed by atoms with Crippen LogP contribution in [0.15, 0.2) is 41.8 Å². The standard InChI is InChI=1S/C16H17FN2O2S/c1-11(9-14-3-2-8-22-14)19-16(21)15(20)18-10-12-4-6-13(17)7-5-12/h2-8,11H,9-10H2,1H3,(H,18,20)(H,19,21)/t11-/m0/s1. The van der Waals surface area contributed by atoms with Gasteiger partial charge in [-0.1, -0.05) is 18.2 Å². The first-order chi connectivity index (χ1) is 10.5. The van der Waals surface area contributed by atoms with E-state index in [1.54, 1.807) is 23.5 Å². The summed E-state index contributed by atoms with van der Waals surface area (Å²) in [6.07, 6.45) is 0.689. The molecule has 2 N–H and O–H groups in total. The fraction of sp³-hybridized carbons (Fsp3) is 0.250. The van der Waals surface area contributed by atoms with Crippen molar-refractivity contribution in [3.8, 4) is 0 Å². The molecule has 1 heterocycles. The van der Waals surface area contributed by atoms with Crippen LogP contribution in [0.2, 0.25) is 0 Å². The molecule has 116 valence electrons. The van der Waals surface area contributed by atoms with Crippen LogP contribution in [0.1, 0.15) is 17.4 Å². The van der Waals surface area contributed by atoms with Crippen LogP contribution in [0.4, 0.5) is 4.39 Å². The highest BCUT2D eigenvalue weighted by Gasteiger charge is 2.16. The molecule has 0 saturated heterocycles. The predicted molar refractivity (Wildman–Crippen MR) is 83.9 cm³/mol. The Kier molecular flexibility index (Phi) is 5.66. The van der Waals surface area contributed by atoms with Crippen molar-refractivity contribution in [2.24, 2.45) is 0 Å². The Morgan fingerprint density at radius 3 is 2.55 bits per heavy atom. The van der Waals surface area contributed by atoms with Gasteiger partial charge < -0.3 is 10.6 Å². The molecule has 4 nitrogen and oxygen atoms in total. The summed E-state index contributed by atoms with van der Waals surface area (Å²) in [4.78, 5) is 24.7. The van der Waals surface area contributed by atoms with E-state index in [1.165, 1.54) is 12.1 Å². The van der Waals surface area contributed by atoms with Crippen molar-refractivity contribution in [3.63, 3.8) is 0 Å². The zero-order valence-electron chi connectivity index (χ0n) is 12.1. The van der Waals surface area contributed by atoms with Crippen molar-refractivity contribution in [2.45, 2.75) is 25.9 Å². The molecule has 0 fully saturated rings. The maximum absolute atomic E-state index is 12.8. The van der Waals surface area contributed by atoms with Crippen molar-refractivity contribution in [1.82, 2.24) is 10.6 Å². The minimum absolute atomic E-state index is 0.122. The molecule has 0 aliphatic carbocycles. The predicted octanol–water partition coefficient (Wildman–Crippen LogP) is 2.25. The molecule has 0 spiro atoms. The van der Waals surface area contributed by atoms with Crippen LogP contribution in [-0.2, 0) is 22.6 Å². The fourth-order valence-corrected chi connectivity index (χ4v) is 2.77. The molecule has 1 aromatic carbocycles. The van der Waals surface area contributed by atoms with Gasteiger partial charge in [0.25, 0.3) is 0 Å². The Hall–Kier alpha value is -2.21. The van der Waals surface area contributed by atoms with E-state index in [2.05, 4.69) is 10.6 Å². The van der Waals surface area contributed by atoms with Crippen molar-refractivity contribution < 1.29 is 14.0 Å². The Morgan fingerprint density at radius 1 is 1.18 bits per heavy atom. The van der Waals surface area contributed by atoms with Gasteiger partial charge in [0, 0.05) is 23.9 Å². The van der Waals surface area contributed by atoms with Gasteiger partial charge in [0.05, 0.1) is 0 Å². The monoisotopic (exact) mass is 320 g/mol. The van der Waals surface area contributed by atoms with Crippen molar-refractivity contribution in [3.05, 3.63) is 58.0 Å². The van der Waals surface area contributed by atoms with Gasteiger partial charge in [-0.2, -0.15) is 0 Å². The van der Waals surface area contributed by atoms with Gasteiger partial charge in [0.15, 0.2) is 0 Å². The van der Waals surface area contributed by atoms with E-state index >= 15 is 0 Å². The first kappa shape index (κ1) is 16.2. The topological polar surface area (TPSA) is 58.2 Å². The molecule has 2 aromatic rings. The van der Waals surface area contributed by atoms with Gasteiger partial charge in [-0.25, -0.2) is 4.39 Å². The van der Waals surface area contributed by atoms with Gasteiger partial charge in [-0.15, -0.1) is 11.3 Å². The SMILES string of the molecule is C[C@@H](Cc1cccs1)NC(=O)C(=O)NCc1ccc(F)cc1. The molecule has 0 bridgehead atoms. The molecule has 22 heavy (non-hydrogen) atoms. The van der Waals surface area contributed by atoms with Crippen LogP contribution in [0.25, 0.3) is 0 Å². The average Bonchev–Trinajstić information content (AvgIpc) is 2.99. The molecule has 0 unspecified atom stereocenters. The van der Waals surface area contributed by atoms with E-state index in [4.69, 9.17) is 0 Å². The van der Waals surface area contributed by atoms with Gasteiger partial charge >= 0.3 is 11.8 Å². The number of benzene rings is 1. The Bertz CT molecular complexity index is 626. The van der Waals surface area contributed by atoms with Gasteiger partial charge in [0.1, 0.15) is 5.82 Å². The smallest absolute Gasteiger partial charge is 0.309 e. The molecule has 0 aliphatic rings. The summed E-state index contributed by atoms with van der Waals surface area (Å²) >= 11 is 1.61. The van der Waals surface area contributed by atoms with E-state index in [-0.39, 0.29) is 18.4 Å². The summed E-state index contributed by atoms with van der Waals surface area (Å²) < 4.78 is 12.8. The van der Waals surface area contributed by atoms with E-state index in [0.29, 0.717) is 6.42 Å². The maximum atomic E-state index is 12.8. The van der Waals surface area contributed by atoms with Crippen LogP contribution >= 0.6 is 11.3 Å². The minimum atomic E-state index is -0.692. The lowest BCUT2D eigenvalue weighted by atomic mass is 10.2. The van der Waals surface area contributed by atoms with Gasteiger partial charge in [-0.05, 0) is 36.1 Å². The molecule has 0 radical (unpaired) electrons. The molecule has 1 atom stereocenters. The van der Waals surface area contributed by atoms with Crippen molar-refractivity contribution >= 4 is 23.2 Å². The highest BCUT2D eigenvalue weighted by Crippen LogP contribution is 2.10. The zero-order chi connectivity index (χ0) is 15.9. The number of hydrogen-bond acceptors (Lipinski definition) is 3. The number of thiophene rings is 1. The number of hydrogen-bond donors (Lipinski definition) is 2. The largest absolute Gasteiger partial charge is 0.345 e. The van der Waals surface area contributed by atoms with E-state index in [0.717, 1.165) is 10.4 Å². The third-order valence-electron chi connectivity index (χ3n) is 3.04. The van der Waals surface area contributed by atoms with E-state index in [9.17, 15) is 14.0 Å². The third-order valence-corrected chi connectivity index (χ3v) is 3.94. The second kappa shape index (κ2) is 7.70. The highest BCUT2D eigenvalue weighted by molar-refractivity contribution is 7.09. The first-order valence-corrected chi connectivity index (χ1v) is 7.78. The lowest BCUT2D eigenvalue weighted by molar-refractivity contribution is -0.139. The summed E-state index contributed by atoms with van der Waals surface area (Å²) in [6.45, 7) is 2.04. The maximum Gasteiger partial charge on any atom is 0.309 e. The molecule has 0 saturated carbocycles. The normalized spacial score (nSPS) is 11.7. The molecular formula is C16H17FN2O2S. The molecule has 2 amide bonds. The molecular weight excluding hydrogens is 303 g/mol. The van der Waals surface area contributed by atoms with Gasteiger partial charge in [0.2, 0.25) is 0 Å². The summed E-state index contributed by atoms with van der Waals surface area (Å²) in [7, 11) is 0. The van der Waals surface area contributed by atoms with Gasteiger partial charge in [-0.3, -0.25) is 9.59 Å². The second-order valence-electron chi connectivity index (χ2n) is 4.97. The number of carbonyl (C=O) groups is 2. The number of carbonyl (C=O) groups excluding carboxylic acids is 2. The Morgan fingerprint density at radius 2 is 1.91 bits per heavy atom. The van der Waals surface area contributed by atoms with Crippen LogP contribution in [0.5, 0.6) is 0 Å². The first-order valence-electron chi connectivity index (χ1n) is 6.90. The average molecular weight is 320 g/mol. The molecule has 0 aliphatic heterocycles. The van der Waals surface area contributed by atoms with Crippen LogP contribution in [-0.4, -0.2) is 17.9 Å². The van der Waals surface area contributed by atoms with E-state index in [1.807, 2.05) is 24.4 Å².